The van der Waals surface area contributed by atoms with Crippen molar-refractivity contribution < 1.29 is 4.39 Å². The van der Waals surface area contributed by atoms with Gasteiger partial charge in [-0.25, -0.2) is 4.39 Å². The van der Waals surface area contributed by atoms with Crippen molar-refractivity contribution in [3.05, 3.63) is 35.8 Å². The molecule has 3 rings (SSSR count). The molecule has 0 spiro atoms. The zero-order valence-corrected chi connectivity index (χ0v) is 10.4. The van der Waals surface area contributed by atoms with Gasteiger partial charge in [-0.1, -0.05) is 13.0 Å². The first-order chi connectivity index (χ1) is 8.09. The Labute approximate surface area is 101 Å². The summed E-state index contributed by atoms with van der Waals surface area (Å²) >= 11 is 0. The smallest absolute Gasteiger partial charge is 0.132 e. The molecule has 0 aliphatic carbocycles. The van der Waals surface area contributed by atoms with Crippen LogP contribution in [0.1, 0.15) is 18.4 Å². The minimum absolute atomic E-state index is 0.113. The van der Waals surface area contributed by atoms with Gasteiger partial charge in [0, 0.05) is 30.1 Å². The van der Waals surface area contributed by atoms with E-state index in [-0.39, 0.29) is 5.82 Å². The first kappa shape index (κ1) is 10.8. The van der Waals surface area contributed by atoms with Gasteiger partial charge in [0.1, 0.15) is 5.82 Å². The first-order valence-electron chi connectivity index (χ1n) is 6.03. The molecule has 0 radical (unpaired) electrons. The van der Waals surface area contributed by atoms with E-state index in [4.69, 9.17) is 0 Å². The lowest BCUT2D eigenvalue weighted by molar-refractivity contribution is 0.228. The number of hydrogen-bond acceptors (Lipinski definition) is 1. The fourth-order valence-corrected chi connectivity index (χ4v) is 3.02. The molecule has 0 amide bonds. The van der Waals surface area contributed by atoms with E-state index < -0.39 is 0 Å². The van der Waals surface area contributed by atoms with Crippen LogP contribution in [-0.4, -0.2) is 29.6 Å². The molecule has 2 heterocycles. The van der Waals surface area contributed by atoms with Gasteiger partial charge in [-0.3, -0.25) is 0 Å². The standard InChI is InChI=1S/C14H17FN2/c1-9-10-4-5-12(15)11-6-7-17(14(10)11)8-13(9)16(2)3/h4-7,9,13H,8H2,1-3H3/t9?,13-/m1/s1. The number of hydrogen-bond donors (Lipinski definition) is 0. The summed E-state index contributed by atoms with van der Waals surface area (Å²) in [5.74, 6) is 0.327. The van der Waals surface area contributed by atoms with Gasteiger partial charge < -0.3 is 9.47 Å². The van der Waals surface area contributed by atoms with Crippen LogP contribution in [0.2, 0.25) is 0 Å². The number of nitrogens with zero attached hydrogens (tertiary/aromatic N) is 2. The van der Waals surface area contributed by atoms with Crippen LogP contribution in [0, 0.1) is 5.82 Å². The summed E-state index contributed by atoms with van der Waals surface area (Å²) in [6.07, 6.45) is 2.00. The molecule has 0 saturated heterocycles. The van der Waals surface area contributed by atoms with Crippen molar-refractivity contribution in [2.75, 3.05) is 14.1 Å². The van der Waals surface area contributed by atoms with Gasteiger partial charge in [-0.15, -0.1) is 0 Å². The van der Waals surface area contributed by atoms with Gasteiger partial charge in [-0.05, 0) is 31.8 Å². The molecule has 1 aromatic carbocycles. The van der Waals surface area contributed by atoms with E-state index in [9.17, 15) is 4.39 Å². The van der Waals surface area contributed by atoms with Crippen LogP contribution in [0.3, 0.4) is 0 Å². The highest BCUT2D eigenvalue weighted by Crippen LogP contribution is 2.36. The van der Waals surface area contributed by atoms with Crippen LogP contribution in [0.15, 0.2) is 24.4 Å². The summed E-state index contributed by atoms with van der Waals surface area (Å²) in [4.78, 5) is 2.25. The second-order valence-electron chi connectivity index (χ2n) is 5.19. The van der Waals surface area contributed by atoms with Gasteiger partial charge in [0.05, 0.1) is 5.52 Å². The average Bonchev–Trinajstić information content (AvgIpc) is 2.70. The lowest BCUT2D eigenvalue weighted by Gasteiger charge is -2.35. The SMILES string of the molecule is CC1c2ccc(F)c3ccn(c23)C[C@H]1N(C)C. The van der Waals surface area contributed by atoms with Gasteiger partial charge in [0.15, 0.2) is 0 Å². The van der Waals surface area contributed by atoms with Gasteiger partial charge in [-0.2, -0.15) is 0 Å². The molecule has 0 fully saturated rings. The van der Waals surface area contributed by atoms with E-state index >= 15 is 0 Å². The van der Waals surface area contributed by atoms with E-state index in [1.54, 1.807) is 6.07 Å². The highest BCUT2D eigenvalue weighted by atomic mass is 19.1. The minimum atomic E-state index is -0.113. The molecule has 2 aromatic rings. The fraction of sp³-hybridized carbons (Fsp3) is 0.429. The molecule has 0 saturated carbocycles. The van der Waals surface area contributed by atoms with Crippen LogP contribution in [-0.2, 0) is 6.54 Å². The summed E-state index contributed by atoms with van der Waals surface area (Å²) in [5.41, 5.74) is 2.34. The third kappa shape index (κ3) is 1.42. The molecule has 2 atom stereocenters. The Bertz CT molecular complexity index is 571. The second kappa shape index (κ2) is 3.57. The summed E-state index contributed by atoms with van der Waals surface area (Å²) in [6, 6.07) is 5.90. The average molecular weight is 232 g/mol. The highest BCUT2D eigenvalue weighted by molar-refractivity contribution is 5.85. The number of likely N-dealkylation sites (N-methyl/N-ethyl adjacent to an activating group) is 1. The predicted molar refractivity (Wildman–Crippen MR) is 67.8 cm³/mol. The third-order valence-corrected chi connectivity index (χ3v) is 4.02. The van der Waals surface area contributed by atoms with Crippen molar-refractivity contribution in [1.29, 1.82) is 0 Å². The van der Waals surface area contributed by atoms with Crippen molar-refractivity contribution in [2.24, 2.45) is 0 Å². The van der Waals surface area contributed by atoms with Crippen molar-refractivity contribution in [2.45, 2.75) is 25.4 Å². The number of halogens is 1. The Morgan fingerprint density at radius 3 is 2.76 bits per heavy atom. The quantitative estimate of drug-likeness (QED) is 0.734. The maximum absolute atomic E-state index is 13.7. The summed E-state index contributed by atoms with van der Waals surface area (Å²) in [7, 11) is 4.22. The molecule has 1 aromatic heterocycles. The molecule has 1 unspecified atom stereocenters. The van der Waals surface area contributed by atoms with E-state index in [1.165, 1.54) is 5.56 Å². The molecule has 3 heteroatoms. The van der Waals surface area contributed by atoms with Crippen LogP contribution < -0.4 is 0 Å². The largest absolute Gasteiger partial charge is 0.346 e. The lowest BCUT2D eigenvalue weighted by Crippen LogP contribution is -2.39. The second-order valence-corrected chi connectivity index (χ2v) is 5.19. The minimum Gasteiger partial charge on any atom is -0.346 e. The van der Waals surface area contributed by atoms with E-state index in [0.29, 0.717) is 12.0 Å². The molecular formula is C14H17FN2. The van der Waals surface area contributed by atoms with Gasteiger partial charge >= 0.3 is 0 Å². The van der Waals surface area contributed by atoms with Crippen molar-refractivity contribution >= 4 is 10.9 Å². The van der Waals surface area contributed by atoms with E-state index in [1.807, 2.05) is 18.3 Å². The van der Waals surface area contributed by atoms with E-state index in [2.05, 4.69) is 30.5 Å². The molecular weight excluding hydrogens is 215 g/mol. The molecule has 90 valence electrons. The molecule has 17 heavy (non-hydrogen) atoms. The first-order valence-corrected chi connectivity index (χ1v) is 6.03. The number of benzene rings is 1. The summed E-state index contributed by atoms with van der Waals surface area (Å²) in [6.45, 7) is 3.17. The Balaban J connectivity index is 2.24. The fourth-order valence-electron chi connectivity index (χ4n) is 3.02. The van der Waals surface area contributed by atoms with Gasteiger partial charge in [0.2, 0.25) is 0 Å². The number of aromatic nitrogens is 1. The highest BCUT2D eigenvalue weighted by Gasteiger charge is 2.29. The summed E-state index contributed by atoms with van der Waals surface area (Å²) in [5, 5.41) is 0.756. The molecule has 1 aliphatic heterocycles. The lowest BCUT2D eigenvalue weighted by atomic mass is 9.88. The Morgan fingerprint density at radius 2 is 2.06 bits per heavy atom. The van der Waals surface area contributed by atoms with Crippen molar-refractivity contribution in [1.82, 2.24) is 9.47 Å². The Hall–Kier alpha value is -1.35. The monoisotopic (exact) mass is 232 g/mol. The zero-order chi connectivity index (χ0) is 12.2. The van der Waals surface area contributed by atoms with Crippen LogP contribution in [0.25, 0.3) is 10.9 Å². The van der Waals surface area contributed by atoms with Gasteiger partial charge in [0.25, 0.3) is 0 Å². The zero-order valence-electron chi connectivity index (χ0n) is 10.4. The molecule has 0 bridgehead atoms. The third-order valence-electron chi connectivity index (χ3n) is 4.02. The predicted octanol–water partition coefficient (Wildman–Crippen LogP) is 2.83. The topological polar surface area (TPSA) is 8.17 Å². The molecule has 1 aliphatic rings. The normalized spacial score (nSPS) is 23.6. The van der Waals surface area contributed by atoms with Crippen molar-refractivity contribution in [3.63, 3.8) is 0 Å². The molecule has 0 N–H and O–H groups in total. The molecule has 2 nitrogen and oxygen atoms in total. The van der Waals surface area contributed by atoms with E-state index in [0.717, 1.165) is 17.4 Å². The van der Waals surface area contributed by atoms with Crippen LogP contribution in [0.5, 0.6) is 0 Å². The maximum atomic E-state index is 13.7. The van der Waals surface area contributed by atoms with Crippen LogP contribution in [0.4, 0.5) is 4.39 Å². The maximum Gasteiger partial charge on any atom is 0.132 e. The van der Waals surface area contributed by atoms with Crippen LogP contribution >= 0.6 is 0 Å². The summed E-state index contributed by atoms with van der Waals surface area (Å²) < 4.78 is 15.9. The number of rotatable bonds is 1. The van der Waals surface area contributed by atoms with Crippen molar-refractivity contribution in [3.8, 4) is 0 Å². The Kier molecular flexibility index (Phi) is 2.26. The Morgan fingerprint density at radius 1 is 1.29 bits per heavy atom.